The van der Waals surface area contributed by atoms with E-state index >= 15 is 0 Å². The van der Waals surface area contributed by atoms with E-state index in [1.54, 1.807) is 81.4 Å². The van der Waals surface area contributed by atoms with Crippen LogP contribution in [0.1, 0.15) is 26.3 Å². The number of hydrogen-bond donors (Lipinski definition) is 1. The molecule has 36 heavy (non-hydrogen) atoms. The Morgan fingerprint density at radius 2 is 1.25 bits per heavy atom. The van der Waals surface area contributed by atoms with Crippen LogP contribution in [0.4, 0.5) is 10.5 Å². The molecule has 0 spiro atoms. The highest BCUT2D eigenvalue weighted by Gasteiger charge is 2.22. The number of nitrogens with zero attached hydrogens (tertiary/aromatic N) is 1. The van der Waals surface area contributed by atoms with Crippen LogP contribution < -0.4 is 19.7 Å². The van der Waals surface area contributed by atoms with Gasteiger partial charge in [0, 0.05) is 16.6 Å². The van der Waals surface area contributed by atoms with Crippen molar-refractivity contribution in [1.82, 2.24) is 5.32 Å². The van der Waals surface area contributed by atoms with Crippen LogP contribution in [0.5, 0.6) is 11.5 Å². The summed E-state index contributed by atoms with van der Waals surface area (Å²) in [6.45, 7) is 5.70. The van der Waals surface area contributed by atoms with Crippen molar-refractivity contribution in [2.75, 3.05) is 4.90 Å². The van der Waals surface area contributed by atoms with E-state index < -0.39 is 11.7 Å². The lowest BCUT2D eigenvalue weighted by Crippen LogP contribution is -2.40. The van der Waals surface area contributed by atoms with Crippen LogP contribution in [0.15, 0.2) is 72.8 Å². The molecule has 188 valence electrons. The molecular weight excluding hydrogens is 539 g/mol. The fourth-order valence-electron chi connectivity index (χ4n) is 2.83. The van der Waals surface area contributed by atoms with Gasteiger partial charge in [0.1, 0.15) is 17.1 Å². The molecule has 1 amide bonds. The lowest BCUT2D eigenvalue weighted by atomic mass is 10.2. The van der Waals surface area contributed by atoms with Crippen LogP contribution in [0.2, 0.25) is 10.0 Å². The van der Waals surface area contributed by atoms with Crippen molar-refractivity contribution < 1.29 is 19.0 Å². The van der Waals surface area contributed by atoms with Crippen LogP contribution in [-0.2, 0) is 11.3 Å². The van der Waals surface area contributed by atoms with E-state index in [9.17, 15) is 4.79 Å². The Labute approximate surface area is 231 Å². The zero-order chi connectivity index (χ0) is 26.3. The van der Waals surface area contributed by atoms with Crippen LogP contribution in [0.25, 0.3) is 0 Å². The topological polar surface area (TPSA) is 60.0 Å². The average Bonchev–Trinajstić information content (AvgIpc) is 2.80. The molecule has 0 aromatic heterocycles. The van der Waals surface area contributed by atoms with Gasteiger partial charge in [-0.1, -0.05) is 35.3 Å². The molecular formula is C26H24Cl2N2O4S2. The SMILES string of the molecule is CC(C)(C)OC(=O)NCc1ccc(N(C(=S)Oc2ccc(Cl)cc2)C(=S)Oc2ccc(Cl)cc2)cc1. The number of alkyl carbamates (subject to hydrolysis) is 1. The number of thiocarbonyl (C=S) groups is 2. The van der Waals surface area contributed by atoms with E-state index in [0.717, 1.165) is 5.56 Å². The minimum absolute atomic E-state index is 0.0518. The molecule has 0 unspecified atom stereocenters. The van der Waals surface area contributed by atoms with Gasteiger partial charge in [0.05, 0.1) is 5.69 Å². The van der Waals surface area contributed by atoms with E-state index in [2.05, 4.69) is 5.32 Å². The van der Waals surface area contributed by atoms with Crippen molar-refractivity contribution in [1.29, 1.82) is 0 Å². The zero-order valence-electron chi connectivity index (χ0n) is 19.8. The molecule has 10 heteroatoms. The number of hydrogen-bond acceptors (Lipinski definition) is 6. The van der Waals surface area contributed by atoms with Gasteiger partial charge in [0.2, 0.25) is 0 Å². The largest absolute Gasteiger partial charge is 0.444 e. The van der Waals surface area contributed by atoms with Gasteiger partial charge in [-0.15, -0.1) is 0 Å². The summed E-state index contributed by atoms with van der Waals surface area (Å²) in [5.41, 5.74) is 0.876. The first kappa shape index (κ1) is 27.7. The van der Waals surface area contributed by atoms with Crippen molar-refractivity contribution in [3.05, 3.63) is 88.4 Å². The zero-order valence-corrected chi connectivity index (χ0v) is 22.9. The second-order valence-electron chi connectivity index (χ2n) is 8.50. The molecule has 0 heterocycles. The van der Waals surface area contributed by atoms with E-state index in [0.29, 0.717) is 27.2 Å². The van der Waals surface area contributed by atoms with Crippen LogP contribution >= 0.6 is 47.6 Å². The quantitative estimate of drug-likeness (QED) is 0.322. The lowest BCUT2D eigenvalue weighted by Gasteiger charge is -2.25. The Morgan fingerprint density at radius 1 is 0.806 bits per heavy atom. The number of carbonyl (C=O) groups is 1. The molecule has 3 aromatic carbocycles. The maximum atomic E-state index is 11.9. The molecule has 3 aromatic rings. The summed E-state index contributed by atoms with van der Waals surface area (Å²) in [5, 5.41) is 3.97. The average molecular weight is 564 g/mol. The molecule has 0 saturated carbocycles. The molecule has 0 bridgehead atoms. The first-order valence-electron chi connectivity index (χ1n) is 10.8. The molecule has 0 radical (unpaired) electrons. The lowest BCUT2D eigenvalue weighted by molar-refractivity contribution is 0.0523. The summed E-state index contributed by atoms with van der Waals surface area (Å²) < 4.78 is 17.0. The third-order valence-corrected chi connectivity index (χ3v) is 5.47. The smallest absolute Gasteiger partial charge is 0.407 e. The minimum atomic E-state index is -0.575. The number of rotatable bonds is 5. The third-order valence-electron chi connectivity index (χ3n) is 4.43. The number of benzene rings is 3. The predicted octanol–water partition coefficient (Wildman–Crippen LogP) is 7.55. The highest BCUT2D eigenvalue weighted by molar-refractivity contribution is 7.82. The van der Waals surface area contributed by atoms with Gasteiger partial charge in [0.15, 0.2) is 0 Å². The molecule has 3 rings (SSSR count). The van der Waals surface area contributed by atoms with Gasteiger partial charge in [-0.3, -0.25) is 0 Å². The number of nitrogens with one attached hydrogen (secondary N) is 1. The third kappa shape index (κ3) is 8.64. The van der Waals surface area contributed by atoms with E-state index in [4.69, 9.17) is 61.8 Å². The maximum Gasteiger partial charge on any atom is 0.407 e. The van der Waals surface area contributed by atoms with Crippen molar-refractivity contribution in [3.8, 4) is 11.5 Å². The molecule has 0 atom stereocenters. The minimum Gasteiger partial charge on any atom is -0.444 e. The summed E-state index contributed by atoms with van der Waals surface area (Å²) in [7, 11) is 0. The van der Waals surface area contributed by atoms with Gasteiger partial charge in [0.25, 0.3) is 10.3 Å². The summed E-state index contributed by atoms with van der Waals surface area (Å²) in [4.78, 5) is 13.4. The van der Waals surface area contributed by atoms with Gasteiger partial charge < -0.3 is 19.5 Å². The fraction of sp³-hybridized carbons (Fsp3) is 0.192. The number of anilines is 1. The second kappa shape index (κ2) is 12.4. The van der Waals surface area contributed by atoms with Gasteiger partial charge in [-0.2, -0.15) is 0 Å². The summed E-state index contributed by atoms with van der Waals surface area (Å²) >= 11 is 23.1. The molecule has 0 aliphatic heterocycles. The van der Waals surface area contributed by atoms with Crippen molar-refractivity contribution in [2.24, 2.45) is 0 Å². The molecule has 0 aliphatic carbocycles. The Hall–Kier alpha value is -2.91. The predicted molar refractivity (Wildman–Crippen MR) is 151 cm³/mol. The standard InChI is InChI=1S/C26H24Cl2N2O4S2/c1-26(2,3)34-23(31)29-16-17-4-10-20(11-5-17)30(24(35)32-21-12-6-18(27)7-13-21)25(36)33-22-14-8-19(28)9-15-22/h4-15H,16H2,1-3H3,(H,29,31). The Morgan fingerprint density at radius 3 is 1.67 bits per heavy atom. The first-order valence-corrected chi connectivity index (χ1v) is 12.4. The van der Waals surface area contributed by atoms with Gasteiger partial charge in [-0.25, -0.2) is 9.69 Å². The maximum absolute atomic E-state index is 11.9. The monoisotopic (exact) mass is 562 g/mol. The normalized spacial score (nSPS) is 10.8. The van der Waals surface area contributed by atoms with Gasteiger partial charge >= 0.3 is 6.09 Å². The molecule has 0 fully saturated rings. The van der Waals surface area contributed by atoms with Crippen LogP contribution in [-0.4, -0.2) is 22.0 Å². The van der Waals surface area contributed by atoms with Crippen molar-refractivity contribution in [2.45, 2.75) is 32.9 Å². The van der Waals surface area contributed by atoms with Crippen LogP contribution in [0.3, 0.4) is 0 Å². The molecule has 6 nitrogen and oxygen atoms in total. The highest BCUT2D eigenvalue weighted by atomic mass is 35.5. The van der Waals surface area contributed by atoms with E-state index in [1.807, 2.05) is 12.1 Å². The second-order valence-corrected chi connectivity index (χ2v) is 10.1. The Balaban J connectivity index is 1.78. The molecule has 1 N–H and O–H groups in total. The number of halogens is 2. The summed E-state index contributed by atoms with van der Waals surface area (Å²) in [6.07, 6.45) is -0.497. The summed E-state index contributed by atoms with van der Waals surface area (Å²) in [5.74, 6) is 0.976. The fourth-order valence-corrected chi connectivity index (χ4v) is 3.71. The molecule has 0 aliphatic rings. The Bertz CT molecular complexity index is 1150. The molecule has 0 saturated heterocycles. The van der Waals surface area contributed by atoms with E-state index in [1.165, 1.54) is 4.90 Å². The van der Waals surface area contributed by atoms with Crippen LogP contribution in [0, 0.1) is 0 Å². The summed E-state index contributed by atoms with van der Waals surface area (Å²) in [6, 6.07) is 20.8. The van der Waals surface area contributed by atoms with Gasteiger partial charge in [-0.05, 0) is 111 Å². The first-order chi connectivity index (χ1) is 17.0. The highest BCUT2D eigenvalue weighted by Crippen LogP contribution is 2.23. The number of ether oxygens (including phenoxy) is 3. The van der Waals surface area contributed by atoms with Crippen molar-refractivity contribution >= 4 is 69.8 Å². The van der Waals surface area contributed by atoms with E-state index in [-0.39, 0.29) is 16.9 Å². The number of carbonyl (C=O) groups excluding carboxylic acids is 1. The van der Waals surface area contributed by atoms with Crippen molar-refractivity contribution in [3.63, 3.8) is 0 Å². The Kier molecular flexibility index (Phi) is 9.50. The number of amides is 1.